The highest BCUT2D eigenvalue weighted by Crippen LogP contribution is 2.34. The van der Waals surface area contributed by atoms with E-state index in [2.05, 4.69) is 22.4 Å². The Balaban J connectivity index is 1.70. The number of H-pyrrole nitrogens is 1. The lowest BCUT2D eigenvalue weighted by Crippen LogP contribution is -2.51. The van der Waals surface area contributed by atoms with Crippen LogP contribution in [0.4, 0.5) is 10.5 Å². The second-order valence-electron chi connectivity index (χ2n) is 6.64. The molecule has 1 aliphatic rings. The van der Waals surface area contributed by atoms with E-state index in [4.69, 9.17) is 4.74 Å². The Kier molecular flexibility index (Phi) is 5.38. The second kappa shape index (κ2) is 7.70. The van der Waals surface area contributed by atoms with Crippen LogP contribution < -0.4 is 5.32 Å². The van der Waals surface area contributed by atoms with Crippen molar-refractivity contribution in [2.75, 3.05) is 25.6 Å². The van der Waals surface area contributed by atoms with Gasteiger partial charge in [0.2, 0.25) is 0 Å². The fourth-order valence-corrected chi connectivity index (χ4v) is 3.81. The van der Waals surface area contributed by atoms with E-state index in [1.807, 2.05) is 35.2 Å². The molecule has 0 saturated carbocycles. The van der Waals surface area contributed by atoms with Crippen LogP contribution in [0, 0.1) is 0 Å². The van der Waals surface area contributed by atoms with Gasteiger partial charge in [-0.15, -0.1) is 0 Å². The number of rotatable bonds is 6. The molecule has 6 heteroatoms. The number of amides is 2. The molecular formula is C19H26N4O2. The molecule has 1 aromatic heterocycles. The van der Waals surface area contributed by atoms with Crippen molar-refractivity contribution in [1.29, 1.82) is 0 Å². The molecule has 2 N–H and O–H groups in total. The SMILES string of the molecule is CCCC1(COC)CCCN1C(=O)Nc1ccc(-c2ccn[nH]2)cc1. The van der Waals surface area contributed by atoms with E-state index in [9.17, 15) is 4.79 Å². The predicted octanol–water partition coefficient (Wildman–Crippen LogP) is 3.89. The first-order valence-corrected chi connectivity index (χ1v) is 8.86. The van der Waals surface area contributed by atoms with E-state index in [-0.39, 0.29) is 11.6 Å². The number of urea groups is 1. The minimum Gasteiger partial charge on any atom is -0.382 e. The third-order valence-corrected chi connectivity index (χ3v) is 4.92. The average Bonchev–Trinajstić information content (AvgIpc) is 3.26. The summed E-state index contributed by atoms with van der Waals surface area (Å²) in [4.78, 5) is 14.8. The first-order chi connectivity index (χ1) is 12.2. The summed E-state index contributed by atoms with van der Waals surface area (Å²) < 4.78 is 5.44. The van der Waals surface area contributed by atoms with Crippen molar-refractivity contribution >= 4 is 11.7 Å². The van der Waals surface area contributed by atoms with Crippen LogP contribution in [0.2, 0.25) is 0 Å². The van der Waals surface area contributed by atoms with Crippen molar-refractivity contribution in [3.63, 3.8) is 0 Å². The number of aromatic nitrogens is 2. The number of nitrogens with one attached hydrogen (secondary N) is 2. The van der Waals surface area contributed by atoms with Gasteiger partial charge in [-0.1, -0.05) is 25.5 Å². The maximum atomic E-state index is 12.8. The molecule has 134 valence electrons. The highest BCUT2D eigenvalue weighted by atomic mass is 16.5. The Morgan fingerprint density at radius 1 is 1.36 bits per heavy atom. The van der Waals surface area contributed by atoms with Gasteiger partial charge in [0.05, 0.1) is 17.8 Å². The number of hydrogen-bond acceptors (Lipinski definition) is 3. The van der Waals surface area contributed by atoms with Crippen LogP contribution >= 0.6 is 0 Å². The summed E-state index contributed by atoms with van der Waals surface area (Å²) >= 11 is 0. The van der Waals surface area contributed by atoms with Crippen molar-refractivity contribution in [2.45, 2.75) is 38.1 Å². The fraction of sp³-hybridized carbons (Fsp3) is 0.474. The maximum absolute atomic E-state index is 12.8. The summed E-state index contributed by atoms with van der Waals surface area (Å²) in [6.07, 6.45) is 5.75. The third kappa shape index (κ3) is 3.69. The second-order valence-corrected chi connectivity index (χ2v) is 6.64. The Hall–Kier alpha value is -2.34. The van der Waals surface area contributed by atoms with Crippen molar-refractivity contribution in [3.05, 3.63) is 36.5 Å². The van der Waals surface area contributed by atoms with Crippen LogP contribution in [-0.4, -0.2) is 46.9 Å². The number of benzene rings is 1. The van der Waals surface area contributed by atoms with Gasteiger partial charge in [0.1, 0.15) is 0 Å². The highest BCUT2D eigenvalue weighted by molar-refractivity contribution is 5.90. The topological polar surface area (TPSA) is 70.2 Å². The quantitative estimate of drug-likeness (QED) is 0.837. The first-order valence-electron chi connectivity index (χ1n) is 8.86. The largest absolute Gasteiger partial charge is 0.382 e. The molecule has 1 atom stereocenters. The number of anilines is 1. The molecule has 1 aliphatic heterocycles. The van der Waals surface area contributed by atoms with Gasteiger partial charge in [0.15, 0.2) is 0 Å². The zero-order valence-electron chi connectivity index (χ0n) is 14.9. The van der Waals surface area contributed by atoms with Gasteiger partial charge in [-0.3, -0.25) is 5.10 Å². The number of likely N-dealkylation sites (tertiary alicyclic amines) is 1. The molecule has 2 heterocycles. The minimum atomic E-state index is -0.177. The summed E-state index contributed by atoms with van der Waals surface area (Å²) in [5.41, 5.74) is 2.61. The summed E-state index contributed by atoms with van der Waals surface area (Å²) in [6.45, 7) is 3.52. The molecule has 2 aromatic rings. The predicted molar refractivity (Wildman–Crippen MR) is 98.5 cm³/mol. The number of hydrogen-bond donors (Lipinski definition) is 2. The van der Waals surface area contributed by atoms with Crippen LogP contribution in [0.15, 0.2) is 36.5 Å². The van der Waals surface area contributed by atoms with E-state index < -0.39 is 0 Å². The molecule has 3 rings (SSSR count). The Morgan fingerprint density at radius 3 is 2.80 bits per heavy atom. The zero-order valence-corrected chi connectivity index (χ0v) is 14.9. The van der Waals surface area contributed by atoms with Gasteiger partial charge in [-0.25, -0.2) is 4.79 Å². The first kappa shape index (κ1) is 17.5. The standard InChI is InChI=1S/C19H26N4O2/c1-3-10-19(14-25-2)11-4-13-23(19)18(24)21-16-7-5-15(6-8-16)17-9-12-20-22-17/h5-9,12H,3-4,10-11,13-14H2,1-2H3,(H,20,22)(H,21,24). The lowest BCUT2D eigenvalue weighted by atomic mass is 9.91. The lowest BCUT2D eigenvalue weighted by Gasteiger charge is -2.38. The number of ether oxygens (including phenoxy) is 1. The smallest absolute Gasteiger partial charge is 0.322 e. The van der Waals surface area contributed by atoms with E-state index in [0.717, 1.165) is 49.2 Å². The average molecular weight is 342 g/mol. The van der Waals surface area contributed by atoms with E-state index in [0.29, 0.717) is 6.61 Å². The number of nitrogens with zero attached hydrogens (tertiary/aromatic N) is 2. The molecule has 25 heavy (non-hydrogen) atoms. The van der Waals surface area contributed by atoms with Crippen LogP contribution in [0.5, 0.6) is 0 Å². The van der Waals surface area contributed by atoms with E-state index in [1.54, 1.807) is 13.3 Å². The van der Waals surface area contributed by atoms with Gasteiger partial charge in [0, 0.05) is 25.5 Å². The molecule has 2 amide bonds. The molecule has 1 fully saturated rings. The number of methoxy groups -OCH3 is 1. The van der Waals surface area contributed by atoms with E-state index >= 15 is 0 Å². The summed E-state index contributed by atoms with van der Waals surface area (Å²) in [7, 11) is 1.71. The van der Waals surface area contributed by atoms with Gasteiger partial charge < -0.3 is 15.0 Å². The van der Waals surface area contributed by atoms with Crippen molar-refractivity contribution < 1.29 is 9.53 Å². The molecule has 1 unspecified atom stereocenters. The summed E-state index contributed by atoms with van der Waals surface area (Å²) in [6, 6.07) is 9.66. The van der Waals surface area contributed by atoms with Gasteiger partial charge >= 0.3 is 6.03 Å². The summed E-state index contributed by atoms with van der Waals surface area (Å²) in [5, 5.41) is 9.93. The molecular weight excluding hydrogens is 316 g/mol. The molecule has 6 nitrogen and oxygen atoms in total. The highest BCUT2D eigenvalue weighted by Gasteiger charge is 2.42. The minimum absolute atomic E-state index is 0.0442. The van der Waals surface area contributed by atoms with Gasteiger partial charge in [0.25, 0.3) is 0 Å². The maximum Gasteiger partial charge on any atom is 0.322 e. The molecule has 0 aliphatic carbocycles. The van der Waals surface area contributed by atoms with Crippen LogP contribution in [0.25, 0.3) is 11.3 Å². The van der Waals surface area contributed by atoms with Crippen LogP contribution in [0.3, 0.4) is 0 Å². The molecule has 1 saturated heterocycles. The van der Waals surface area contributed by atoms with Crippen molar-refractivity contribution in [2.24, 2.45) is 0 Å². The van der Waals surface area contributed by atoms with Crippen molar-refractivity contribution in [1.82, 2.24) is 15.1 Å². The van der Waals surface area contributed by atoms with Gasteiger partial charge in [-0.05, 0) is 43.0 Å². The van der Waals surface area contributed by atoms with Crippen LogP contribution in [0.1, 0.15) is 32.6 Å². The molecule has 0 radical (unpaired) electrons. The van der Waals surface area contributed by atoms with Gasteiger partial charge in [-0.2, -0.15) is 5.10 Å². The Morgan fingerprint density at radius 2 is 2.16 bits per heavy atom. The number of carbonyl (C=O) groups excluding carboxylic acids is 1. The molecule has 0 spiro atoms. The third-order valence-electron chi connectivity index (χ3n) is 4.92. The normalized spacial score (nSPS) is 20.0. The zero-order chi connectivity index (χ0) is 17.7. The van der Waals surface area contributed by atoms with E-state index in [1.165, 1.54) is 0 Å². The number of carbonyl (C=O) groups is 1. The monoisotopic (exact) mass is 342 g/mol. The number of aromatic amines is 1. The summed E-state index contributed by atoms with van der Waals surface area (Å²) in [5.74, 6) is 0. The fourth-order valence-electron chi connectivity index (χ4n) is 3.81. The Labute approximate surface area is 148 Å². The van der Waals surface area contributed by atoms with Crippen molar-refractivity contribution in [3.8, 4) is 11.3 Å². The Bertz CT molecular complexity index is 676. The lowest BCUT2D eigenvalue weighted by molar-refractivity contribution is 0.0540. The molecule has 1 aromatic carbocycles. The molecule has 0 bridgehead atoms. The van der Waals surface area contributed by atoms with Crippen LogP contribution in [-0.2, 0) is 4.74 Å².